The van der Waals surface area contributed by atoms with Gasteiger partial charge < -0.3 is 10.1 Å². The van der Waals surface area contributed by atoms with Gasteiger partial charge in [0, 0.05) is 25.2 Å². The molecule has 1 N–H and O–H groups in total. The van der Waals surface area contributed by atoms with Gasteiger partial charge in [-0.3, -0.25) is 4.90 Å². The van der Waals surface area contributed by atoms with Gasteiger partial charge in [-0.15, -0.1) is 0 Å². The molecule has 0 aromatic heterocycles. The highest BCUT2D eigenvalue weighted by Crippen LogP contribution is 2.17. The number of hydrogen-bond acceptors (Lipinski definition) is 3. The summed E-state index contributed by atoms with van der Waals surface area (Å²) in [5.74, 6) is 0. The lowest BCUT2D eigenvalue weighted by Crippen LogP contribution is -2.52. The number of rotatable bonds is 8. The summed E-state index contributed by atoms with van der Waals surface area (Å²) in [6.45, 7) is 13.4. The molecule has 0 spiro atoms. The maximum Gasteiger partial charge on any atom is 0.0702 e. The summed E-state index contributed by atoms with van der Waals surface area (Å²) in [6.07, 6.45) is 5.30. The van der Waals surface area contributed by atoms with Gasteiger partial charge >= 0.3 is 0 Å². The molecule has 0 aromatic rings. The first-order valence-corrected chi connectivity index (χ1v) is 7.78. The summed E-state index contributed by atoms with van der Waals surface area (Å²) in [4.78, 5) is 2.59. The lowest BCUT2D eigenvalue weighted by molar-refractivity contribution is -0.0141. The van der Waals surface area contributed by atoms with E-state index in [9.17, 15) is 0 Å². The van der Waals surface area contributed by atoms with Crippen LogP contribution in [-0.2, 0) is 4.74 Å². The molecular formula is C15H32N2O. The summed E-state index contributed by atoms with van der Waals surface area (Å²) in [6, 6.07) is 1.17. The molecule has 3 heteroatoms. The largest absolute Gasteiger partial charge is 0.377 e. The van der Waals surface area contributed by atoms with E-state index in [1.807, 2.05) is 0 Å². The van der Waals surface area contributed by atoms with Gasteiger partial charge in [0.05, 0.1) is 6.10 Å². The van der Waals surface area contributed by atoms with E-state index in [0.29, 0.717) is 18.2 Å². The third-order valence-electron chi connectivity index (χ3n) is 3.98. The molecule has 1 fully saturated rings. The van der Waals surface area contributed by atoms with Crippen LogP contribution in [0.3, 0.4) is 0 Å². The average molecular weight is 256 g/mol. The molecule has 3 nitrogen and oxygen atoms in total. The van der Waals surface area contributed by atoms with Crippen molar-refractivity contribution in [2.75, 3.05) is 26.2 Å². The van der Waals surface area contributed by atoms with Crippen molar-refractivity contribution in [3.05, 3.63) is 0 Å². The minimum Gasteiger partial charge on any atom is -0.377 e. The molecule has 0 bridgehead atoms. The van der Waals surface area contributed by atoms with Crippen molar-refractivity contribution in [2.24, 2.45) is 0 Å². The number of nitrogens with zero attached hydrogens (tertiary/aromatic N) is 1. The Labute approximate surface area is 113 Å². The normalized spacial score (nSPS) is 25.0. The molecule has 108 valence electrons. The van der Waals surface area contributed by atoms with Gasteiger partial charge in [-0.05, 0) is 52.6 Å². The molecule has 3 atom stereocenters. The molecule has 0 aromatic carbocycles. The van der Waals surface area contributed by atoms with Gasteiger partial charge in [0.2, 0.25) is 0 Å². The van der Waals surface area contributed by atoms with Crippen molar-refractivity contribution >= 4 is 0 Å². The Balaban J connectivity index is 2.34. The fraction of sp³-hybridized carbons (Fsp3) is 1.00. The van der Waals surface area contributed by atoms with Crippen molar-refractivity contribution in [1.29, 1.82) is 0 Å². The highest BCUT2D eigenvalue weighted by Gasteiger charge is 2.26. The first-order valence-electron chi connectivity index (χ1n) is 7.78. The lowest BCUT2D eigenvalue weighted by atomic mass is 10.0. The van der Waals surface area contributed by atoms with Crippen LogP contribution in [0.5, 0.6) is 0 Å². The first kappa shape index (κ1) is 15.9. The Morgan fingerprint density at radius 2 is 2.06 bits per heavy atom. The molecule has 0 saturated carbocycles. The van der Waals surface area contributed by atoms with Crippen LogP contribution in [0.15, 0.2) is 0 Å². The number of hydrogen-bond donors (Lipinski definition) is 1. The van der Waals surface area contributed by atoms with Gasteiger partial charge in [0.25, 0.3) is 0 Å². The van der Waals surface area contributed by atoms with Gasteiger partial charge in [-0.25, -0.2) is 0 Å². The van der Waals surface area contributed by atoms with Crippen LogP contribution in [0, 0.1) is 0 Å². The van der Waals surface area contributed by atoms with Crippen molar-refractivity contribution in [3.63, 3.8) is 0 Å². The van der Waals surface area contributed by atoms with E-state index < -0.39 is 0 Å². The Kier molecular flexibility index (Phi) is 7.87. The van der Waals surface area contributed by atoms with Crippen molar-refractivity contribution in [3.8, 4) is 0 Å². The summed E-state index contributed by atoms with van der Waals surface area (Å²) in [5, 5.41) is 3.60. The van der Waals surface area contributed by atoms with Crippen LogP contribution in [-0.4, -0.2) is 49.3 Å². The number of ether oxygens (including phenoxy) is 1. The minimum absolute atomic E-state index is 0.458. The Hall–Kier alpha value is -0.120. The van der Waals surface area contributed by atoms with E-state index in [2.05, 4.69) is 37.9 Å². The molecule has 3 unspecified atom stereocenters. The predicted octanol–water partition coefficient (Wildman–Crippen LogP) is 2.65. The van der Waals surface area contributed by atoms with E-state index >= 15 is 0 Å². The molecule has 1 aliphatic rings. The SMILES string of the molecule is CCCNC(C)C(C)N1CCCC(OCCC)C1. The molecule has 1 rings (SSSR count). The van der Waals surface area contributed by atoms with Crippen LogP contribution >= 0.6 is 0 Å². The van der Waals surface area contributed by atoms with Gasteiger partial charge in [0.15, 0.2) is 0 Å². The zero-order valence-corrected chi connectivity index (χ0v) is 12.7. The summed E-state index contributed by atoms with van der Waals surface area (Å²) < 4.78 is 5.91. The number of likely N-dealkylation sites (tertiary alicyclic amines) is 1. The predicted molar refractivity (Wildman–Crippen MR) is 78.1 cm³/mol. The highest BCUT2D eigenvalue weighted by atomic mass is 16.5. The van der Waals surface area contributed by atoms with E-state index in [4.69, 9.17) is 4.74 Å². The summed E-state index contributed by atoms with van der Waals surface area (Å²) in [7, 11) is 0. The van der Waals surface area contributed by atoms with E-state index in [0.717, 1.165) is 26.1 Å². The van der Waals surface area contributed by atoms with Crippen LogP contribution in [0.25, 0.3) is 0 Å². The van der Waals surface area contributed by atoms with E-state index in [-0.39, 0.29) is 0 Å². The van der Waals surface area contributed by atoms with Crippen LogP contribution in [0.2, 0.25) is 0 Å². The minimum atomic E-state index is 0.458. The molecule has 1 saturated heterocycles. The molecule has 0 radical (unpaired) electrons. The first-order chi connectivity index (χ1) is 8.69. The molecule has 18 heavy (non-hydrogen) atoms. The number of piperidine rings is 1. The van der Waals surface area contributed by atoms with E-state index in [1.165, 1.54) is 25.8 Å². The van der Waals surface area contributed by atoms with Crippen molar-refractivity contribution < 1.29 is 4.74 Å². The third kappa shape index (κ3) is 5.25. The van der Waals surface area contributed by atoms with Gasteiger partial charge in [0.1, 0.15) is 0 Å². The number of nitrogens with one attached hydrogen (secondary N) is 1. The highest BCUT2D eigenvalue weighted by molar-refractivity contribution is 4.83. The average Bonchev–Trinajstić information content (AvgIpc) is 2.42. The zero-order chi connectivity index (χ0) is 13.4. The fourth-order valence-electron chi connectivity index (χ4n) is 2.62. The molecule has 1 aliphatic heterocycles. The van der Waals surface area contributed by atoms with Crippen LogP contribution in [0.1, 0.15) is 53.4 Å². The smallest absolute Gasteiger partial charge is 0.0702 e. The van der Waals surface area contributed by atoms with Crippen LogP contribution in [0.4, 0.5) is 0 Å². The fourth-order valence-corrected chi connectivity index (χ4v) is 2.62. The van der Waals surface area contributed by atoms with Gasteiger partial charge in [-0.2, -0.15) is 0 Å². The lowest BCUT2D eigenvalue weighted by Gasteiger charge is -2.39. The second-order valence-electron chi connectivity index (χ2n) is 5.61. The standard InChI is InChI=1S/C15H32N2O/c1-5-9-16-13(3)14(4)17-10-7-8-15(12-17)18-11-6-2/h13-16H,5-12H2,1-4H3. The third-order valence-corrected chi connectivity index (χ3v) is 3.98. The molecular weight excluding hydrogens is 224 g/mol. The second-order valence-corrected chi connectivity index (χ2v) is 5.61. The molecule has 0 aliphatic carbocycles. The maximum absolute atomic E-state index is 5.91. The Morgan fingerprint density at radius 1 is 1.28 bits per heavy atom. The Morgan fingerprint density at radius 3 is 2.72 bits per heavy atom. The topological polar surface area (TPSA) is 24.5 Å². The summed E-state index contributed by atoms with van der Waals surface area (Å²) in [5.41, 5.74) is 0. The van der Waals surface area contributed by atoms with E-state index in [1.54, 1.807) is 0 Å². The Bertz CT molecular complexity index is 205. The zero-order valence-electron chi connectivity index (χ0n) is 12.7. The van der Waals surface area contributed by atoms with Crippen molar-refractivity contribution in [1.82, 2.24) is 10.2 Å². The van der Waals surface area contributed by atoms with Crippen molar-refractivity contribution in [2.45, 2.75) is 71.6 Å². The molecule has 0 amide bonds. The molecule has 1 heterocycles. The second kappa shape index (κ2) is 8.89. The van der Waals surface area contributed by atoms with Crippen LogP contribution < -0.4 is 5.32 Å². The van der Waals surface area contributed by atoms with Gasteiger partial charge in [-0.1, -0.05) is 13.8 Å². The summed E-state index contributed by atoms with van der Waals surface area (Å²) >= 11 is 0. The monoisotopic (exact) mass is 256 g/mol. The maximum atomic E-state index is 5.91. The quantitative estimate of drug-likeness (QED) is 0.722.